The number of phosphoric ester groups is 1. The molecule has 36 heavy (non-hydrogen) atoms. The fourth-order valence-electron chi connectivity index (χ4n) is 3.11. The van der Waals surface area contributed by atoms with E-state index in [4.69, 9.17) is 18.5 Å². The fraction of sp³-hybridized carbons (Fsp3) is 0.840. The largest absolute Gasteiger partial charge is 0.472 e. The first-order chi connectivity index (χ1) is 17.3. The van der Waals surface area contributed by atoms with Crippen molar-refractivity contribution < 1.29 is 47.8 Å². The Kier molecular flexibility index (Phi) is 22.1. The van der Waals surface area contributed by atoms with Gasteiger partial charge in [-0.3, -0.25) is 18.6 Å². The number of aliphatic hydroxyl groups is 2. The van der Waals surface area contributed by atoms with Gasteiger partial charge in [0.15, 0.2) is 0 Å². The van der Waals surface area contributed by atoms with Crippen molar-refractivity contribution in [3.05, 3.63) is 12.2 Å². The molecule has 0 spiro atoms. The Bertz CT molecular complexity index is 640. The quantitative estimate of drug-likeness (QED) is 0.0689. The zero-order valence-corrected chi connectivity index (χ0v) is 22.9. The summed E-state index contributed by atoms with van der Waals surface area (Å²) >= 11 is 0. The molecule has 0 aromatic carbocycles. The summed E-state index contributed by atoms with van der Waals surface area (Å²) in [5.41, 5.74) is 0. The number of rotatable bonds is 24. The van der Waals surface area contributed by atoms with E-state index in [9.17, 15) is 29.3 Å². The monoisotopic (exact) mass is 538 g/mol. The lowest BCUT2D eigenvalue weighted by Gasteiger charge is -2.20. The Balaban J connectivity index is 4.13. The summed E-state index contributed by atoms with van der Waals surface area (Å²) in [7, 11) is -4.60. The van der Waals surface area contributed by atoms with Gasteiger partial charge in [-0.1, -0.05) is 64.5 Å². The van der Waals surface area contributed by atoms with Gasteiger partial charge in [0.05, 0.1) is 26.4 Å². The summed E-state index contributed by atoms with van der Waals surface area (Å²) in [5.74, 6) is -1.06. The molecule has 11 heteroatoms. The molecule has 0 saturated carbocycles. The van der Waals surface area contributed by atoms with E-state index in [2.05, 4.69) is 19.1 Å². The first kappa shape index (κ1) is 34.7. The van der Waals surface area contributed by atoms with Crippen LogP contribution in [0.2, 0.25) is 0 Å². The third-order valence-electron chi connectivity index (χ3n) is 5.21. The van der Waals surface area contributed by atoms with Crippen molar-refractivity contribution in [2.24, 2.45) is 0 Å². The maximum absolute atomic E-state index is 12.1. The predicted molar refractivity (Wildman–Crippen MR) is 136 cm³/mol. The molecule has 0 heterocycles. The number of aliphatic hydroxyl groups excluding tert-OH is 2. The van der Waals surface area contributed by atoms with E-state index in [1.54, 1.807) is 0 Å². The first-order valence-corrected chi connectivity index (χ1v) is 14.6. The first-order valence-electron chi connectivity index (χ1n) is 13.1. The van der Waals surface area contributed by atoms with E-state index in [0.717, 1.165) is 57.8 Å². The molecule has 0 aliphatic rings. The molecule has 0 amide bonds. The number of esters is 2. The van der Waals surface area contributed by atoms with Crippen molar-refractivity contribution in [2.45, 2.75) is 110 Å². The van der Waals surface area contributed by atoms with Gasteiger partial charge in [-0.25, -0.2) is 4.57 Å². The number of hydrogen-bond donors (Lipinski definition) is 3. The van der Waals surface area contributed by atoms with Gasteiger partial charge in [0, 0.05) is 12.8 Å². The predicted octanol–water partition coefficient (Wildman–Crippen LogP) is 4.60. The number of carbonyl (C=O) groups is 2. The lowest BCUT2D eigenvalue weighted by Crippen LogP contribution is -2.28. The highest BCUT2D eigenvalue weighted by molar-refractivity contribution is 7.47. The molecule has 0 rings (SSSR count). The van der Waals surface area contributed by atoms with Gasteiger partial charge in [-0.15, -0.1) is 0 Å². The SMILES string of the molecule is CCC/C=C\CCCCCCCC(=O)OC(CO)COP(=O)(O)OCC(CO)OC(=O)CCCCC. The van der Waals surface area contributed by atoms with Crippen molar-refractivity contribution >= 4 is 19.8 Å². The van der Waals surface area contributed by atoms with Gasteiger partial charge in [-0.2, -0.15) is 0 Å². The Morgan fingerprint density at radius 3 is 1.69 bits per heavy atom. The highest BCUT2D eigenvalue weighted by atomic mass is 31.2. The van der Waals surface area contributed by atoms with Crippen molar-refractivity contribution in [2.75, 3.05) is 26.4 Å². The van der Waals surface area contributed by atoms with Crippen LogP contribution in [-0.4, -0.2) is 65.7 Å². The third-order valence-corrected chi connectivity index (χ3v) is 6.16. The molecule has 10 nitrogen and oxygen atoms in total. The molecule has 0 aliphatic carbocycles. The van der Waals surface area contributed by atoms with Crippen LogP contribution in [-0.2, 0) is 32.7 Å². The minimum Gasteiger partial charge on any atom is -0.457 e. The van der Waals surface area contributed by atoms with E-state index in [0.29, 0.717) is 12.8 Å². The van der Waals surface area contributed by atoms with Gasteiger partial charge >= 0.3 is 19.8 Å². The number of carbonyl (C=O) groups excluding carboxylic acids is 2. The van der Waals surface area contributed by atoms with Crippen LogP contribution in [0.5, 0.6) is 0 Å². The maximum atomic E-state index is 12.1. The summed E-state index contributed by atoms with van der Waals surface area (Å²) in [6, 6.07) is 0. The zero-order chi connectivity index (χ0) is 27.1. The van der Waals surface area contributed by atoms with Crippen molar-refractivity contribution in [3.8, 4) is 0 Å². The third kappa shape index (κ3) is 20.9. The Morgan fingerprint density at radius 1 is 0.722 bits per heavy atom. The van der Waals surface area contributed by atoms with Crippen LogP contribution in [0.15, 0.2) is 12.2 Å². The number of hydrogen-bond acceptors (Lipinski definition) is 9. The molecule has 3 N–H and O–H groups in total. The second-order valence-corrected chi connectivity index (χ2v) is 10.1. The topological polar surface area (TPSA) is 149 Å². The Morgan fingerprint density at radius 2 is 1.19 bits per heavy atom. The summed E-state index contributed by atoms with van der Waals surface area (Å²) in [6.45, 7) is 1.86. The lowest BCUT2D eigenvalue weighted by molar-refractivity contribution is -0.153. The maximum Gasteiger partial charge on any atom is 0.472 e. The number of allylic oxidation sites excluding steroid dienone is 2. The van der Waals surface area contributed by atoms with E-state index in [1.807, 2.05) is 6.92 Å². The number of ether oxygens (including phenoxy) is 2. The van der Waals surface area contributed by atoms with Gasteiger partial charge < -0.3 is 24.6 Å². The highest BCUT2D eigenvalue weighted by Gasteiger charge is 2.27. The summed E-state index contributed by atoms with van der Waals surface area (Å²) in [6.07, 6.45) is 13.1. The minimum absolute atomic E-state index is 0.178. The molecule has 212 valence electrons. The molecule has 0 aromatic heterocycles. The van der Waals surface area contributed by atoms with Gasteiger partial charge in [0.1, 0.15) is 12.2 Å². The van der Waals surface area contributed by atoms with Crippen molar-refractivity contribution in [3.63, 3.8) is 0 Å². The molecule has 3 unspecified atom stereocenters. The average molecular weight is 539 g/mol. The standard InChI is InChI=1S/C25H47O10P/c1-3-5-7-8-9-10-11-12-13-15-17-25(29)35-23(19-27)21-33-36(30,31)32-20-22(18-26)34-24(28)16-14-6-4-2/h7-8,22-23,26-27H,3-6,9-21H2,1-2H3,(H,30,31)/b8-7-. The minimum atomic E-state index is -4.60. The average Bonchev–Trinajstić information content (AvgIpc) is 2.85. The summed E-state index contributed by atoms with van der Waals surface area (Å²) < 4.78 is 31.8. The Hall–Kier alpha value is -1.29. The van der Waals surface area contributed by atoms with Crippen LogP contribution >= 0.6 is 7.82 Å². The normalized spacial score (nSPS) is 14.9. The molecular weight excluding hydrogens is 491 g/mol. The van der Waals surface area contributed by atoms with Crippen LogP contribution in [0.4, 0.5) is 0 Å². The summed E-state index contributed by atoms with van der Waals surface area (Å²) in [4.78, 5) is 33.5. The molecule has 3 atom stereocenters. The fourth-order valence-corrected chi connectivity index (χ4v) is 3.90. The van der Waals surface area contributed by atoms with Crippen LogP contribution in [0.25, 0.3) is 0 Å². The van der Waals surface area contributed by atoms with Gasteiger partial charge in [-0.05, 0) is 32.1 Å². The van der Waals surface area contributed by atoms with E-state index in [-0.39, 0.29) is 12.8 Å². The molecule has 0 bridgehead atoms. The number of phosphoric acid groups is 1. The molecule has 0 saturated heterocycles. The van der Waals surface area contributed by atoms with E-state index in [1.165, 1.54) is 0 Å². The van der Waals surface area contributed by atoms with Crippen molar-refractivity contribution in [1.29, 1.82) is 0 Å². The second-order valence-electron chi connectivity index (χ2n) is 8.67. The highest BCUT2D eigenvalue weighted by Crippen LogP contribution is 2.43. The lowest BCUT2D eigenvalue weighted by atomic mass is 10.1. The van der Waals surface area contributed by atoms with Crippen LogP contribution < -0.4 is 0 Å². The van der Waals surface area contributed by atoms with E-state index < -0.39 is 58.4 Å². The molecule has 0 aromatic rings. The van der Waals surface area contributed by atoms with Crippen LogP contribution in [0.3, 0.4) is 0 Å². The molecule has 0 fully saturated rings. The Labute approximate surface area is 216 Å². The van der Waals surface area contributed by atoms with Crippen LogP contribution in [0.1, 0.15) is 97.3 Å². The van der Waals surface area contributed by atoms with Crippen molar-refractivity contribution in [1.82, 2.24) is 0 Å². The van der Waals surface area contributed by atoms with E-state index >= 15 is 0 Å². The second kappa shape index (κ2) is 22.9. The van der Waals surface area contributed by atoms with Gasteiger partial charge in [0.2, 0.25) is 0 Å². The smallest absolute Gasteiger partial charge is 0.457 e. The number of unbranched alkanes of at least 4 members (excludes halogenated alkanes) is 8. The summed E-state index contributed by atoms with van der Waals surface area (Å²) in [5, 5.41) is 18.7. The van der Waals surface area contributed by atoms with Gasteiger partial charge in [0.25, 0.3) is 0 Å². The molecule has 0 radical (unpaired) electrons. The zero-order valence-electron chi connectivity index (χ0n) is 22.0. The molecular formula is C25H47O10P. The molecule has 0 aliphatic heterocycles. The van der Waals surface area contributed by atoms with Crippen LogP contribution in [0, 0.1) is 0 Å².